The number of nitrogens with zero attached hydrogens (tertiary/aromatic N) is 3. The van der Waals surface area contributed by atoms with Crippen LogP contribution in [0.25, 0.3) is 11.1 Å². The molecular formula is C25H26ClN5O4S. The van der Waals surface area contributed by atoms with Crippen LogP contribution in [0.15, 0.2) is 24.5 Å². The zero-order chi connectivity index (χ0) is 25.4. The molecule has 3 atom stereocenters. The molecule has 11 heteroatoms. The van der Waals surface area contributed by atoms with Crippen LogP contribution in [-0.2, 0) is 17.6 Å². The van der Waals surface area contributed by atoms with Gasteiger partial charge in [-0.15, -0.1) is 11.3 Å². The summed E-state index contributed by atoms with van der Waals surface area (Å²) in [6.07, 6.45) is 6.07. The first-order valence-corrected chi connectivity index (χ1v) is 13.0. The van der Waals surface area contributed by atoms with Crippen LogP contribution in [0, 0.1) is 12.8 Å². The number of fused-ring (bicyclic) bond motifs is 1. The molecule has 1 fully saturated rings. The number of pyridine rings is 2. The van der Waals surface area contributed by atoms with Gasteiger partial charge in [0.15, 0.2) is 5.13 Å². The zero-order valence-corrected chi connectivity index (χ0v) is 21.4. The first kappa shape index (κ1) is 24.6. The Bertz CT molecular complexity index is 1330. The van der Waals surface area contributed by atoms with Crippen molar-refractivity contribution in [1.82, 2.24) is 20.3 Å². The molecule has 188 valence electrons. The minimum Gasteiger partial charge on any atom is -0.494 e. The summed E-state index contributed by atoms with van der Waals surface area (Å²) in [5, 5.41) is 16.4. The van der Waals surface area contributed by atoms with E-state index in [1.165, 1.54) is 30.8 Å². The lowest BCUT2D eigenvalue weighted by Crippen LogP contribution is -2.52. The molecule has 9 nitrogen and oxygen atoms in total. The highest BCUT2D eigenvalue weighted by atomic mass is 35.5. The predicted octanol–water partition coefficient (Wildman–Crippen LogP) is 3.57. The van der Waals surface area contributed by atoms with Gasteiger partial charge in [0.25, 0.3) is 5.91 Å². The zero-order valence-electron chi connectivity index (χ0n) is 19.9. The number of aliphatic hydroxyl groups excluding tert-OH is 1. The van der Waals surface area contributed by atoms with Gasteiger partial charge in [-0.1, -0.05) is 11.6 Å². The summed E-state index contributed by atoms with van der Waals surface area (Å²) >= 11 is 7.52. The molecule has 0 aliphatic heterocycles. The van der Waals surface area contributed by atoms with Crippen molar-refractivity contribution in [3.05, 3.63) is 51.5 Å². The molecule has 0 bridgehead atoms. The number of ether oxygens (including phenoxy) is 1. The highest BCUT2D eigenvalue weighted by Crippen LogP contribution is 2.36. The summed E-state index contributed by atoms with van der Waals surface area (Å²) in [5.41, 5.74) is 3.26. The third-order valence-electron chi connectivity index (χ3n) is 6.73. The number of aliphatic hydroxyl groups is 1. The number of carbonyl (C=O) groups excluding carboxylic acids is 2. The van der Waals surface area contributed by atoms with Crippen LogP contribution in [0.4, 0.5) is 5.13 Å². The number of anilines is 1. The molecule has 3 aromatic rings. The number of methoxy groups -OCH3 is 1. The van der Waals surface area contributed by atoms with Crippen molar-refractivity contribution < 1.29 is 19.4 Å². The van der Waals surface area contributed by atoms with Gasteiger partial charge in [-0.2, -0.15) is 0 Å². The molecule has 3 aromatic heterocycles. The van der Waals surface area contributed by atoms with Gasteiger partial charge >= 0.3 is 0 Å². The standard InChI is InChI=1S/C25H26ClN5O4S/c1-12-7-14(15-9-22(26)28-11-20(15)35-2)16(10-27-12)24(34)31-25-30-18-4-3-13(8-21(18)36-25)23(33)29-17-5-6-19(17)32/h7,9-11,13,17,19,32H,3-6,8H2,1-2H3,(H,29,33)(H,30,31,34)/t13-,17+,19+/m1/s1. The maximum absolute atomic E-state index is 13.3. The number of aryl methyl sites for hydroxylation is 2. The van der Waals surface area contributed by atoms with Gasteiger partial charge in [0.2, 0.25) is 5.91 Å². The van der Waals surface area contributed by atoms with Crippen LogP contribution in [0.3, 0.4) is 0 Å². The number of thiazole rings is 1. The van der Waals surface area contributed by atoms with Crippen LogP contribution >= 0.6 is 22.9 Å². The van der Waals surface area contributed by atoms with E-state index in [0.717, 1.165) is 29.1 Å². The van der Waals surface area contributed by atoms with Crippen molar-refractivity contribution in [3.63, 3.8) is 0 Å². The normalized spacial score (nSPS) is 20.7. The number of halogens is 1. The SMILES string of the molecule is COc1cnc(Cl)cc1-c1cc(C)ncc1C(=O)Nc1nc2c(s1)C[C@H](C(=O)N[C@H]1CC[C@@H]1O)CC2. The summed E-state index contributed by atoms with van der Waals surface area (Å²) in [5.74, 6) is -0.0517. The molecular weight excluding hydrogens is 502 g/mol. The molecule has 1 saturated carbocycles. The summed E-state index contributed by atoms with van der Waals surface area (Å²) in [4.78, 5) is 40.0. The lowest BCUT2D eigenvalue weighted by molar-refractivity contribution is -0.128. The number of hydrogen-bond acceptors (Lipinski definition) is 8. The second-order valence-corrected chi connectivity index (χ2v) is 10.6. The van der Waals surface area contributed by atoms with E-state index in [1.807, 2.05) is 6.92 Å². The van der Waals surface area contributed by atoms with Crippen molar-refractivity contribution in [3.8, 4) is 16.9 Å². The molecule has 0 spiro atoms. The molecule has 2 aliphatic rings. The number of nitrogens with one attached hydrogen (secondary N) is 2. The Morgan fingerprint density at radius 3 is 2.72 bits per heavy atom. The minimum atomic E-state index is -0.442. The van der Waals surface area contributed by atoms with Crippen LogP contribution in [-0.4, -0.2) is 51.1 Å². The Morgan fingerprint density at radius 1 is 1.17 bits per heavy atom. The fourth-order valence-corrected chi connectivity index (χ4v) is 5.76. The Kier molecular flexibility index (Phi) is 6.92. The fourth-order valence-electron chi connectivity index (χ4n) is 4.52. The fraction of sp³-hybridized carbons (Fsp3) is 0.400. The average molecular weight is 528 g/mol. The lowest BCUT2D eigenvalue weighted by Gasteiger charge is -2.34. The van der Waals surface area contributed by atoms with Gasteiger partial charge in [-0.05, 0) is 51.2 Å². The predicted molar refractivity (Wildman–Crippen MR) is 137 cm³/mol. The molecule has 0 aromatic carbocycles. The van der Waals surface area contributed by atoms with Gasteiger partial charge in [0.1, 0.15) is 10.9 Å². The summed E-state index contributed by atoms with van der Waals surface area (Å²) in [7, 11) is 1.53. The van der Waals surface area contributed by atoms with Gasteiger partial charge < -0.3 is 15.2 Å². The van der Waals surface area contributed by atoms with E-state index in [1.54, 1.807) is 12.1 Å². The van der Waals surface area contributed by atoms with Crippen molar-refractivity contribution in [1.29, 1.82) is 0 Å². The quantitative estimate of drug-likeness (QED) is 0.418. The van der Waals surface area contributed by atoms with Crippen LogP contribution in [0.5, 0.6) is 5.75 Å². The smallest absolute Gasteiger partial charge is 0.259 e. The van der Waals surface area contributed by atoms with Gasteiger partial charge in [-0.25, -0.2) is 9.97 Å². The van der Waals surface area contributed by atoms with E-state index >= 15 is 0 Å². The Balaban J connectivity index is 1.34. The first-order valence-electron chi connectivity index (χ1n) is 11.8. The largest absolute Gasteiger partial charge is 0.494 e. The molecule has 0 radical (unpaired) electrons. The third-order valence-corrected chi connectivity index (χ3v) is 7.97. The molecule has 2 amide bonds. The summed E-state index contributed by atoms with van der Waals surface area (Å²) in [6, 6.07) is 3.32. The maximum atomic E-state index is 13.3. The lowest BCUT2D eigenvalue weighted by atomic mass is 9.86. The van der Waals surface area contributed by atoms with Crippen LogP contribution in [0.1, 0.15) is 45.9 Å². The average Bonchev–Trinajstić information content (AvgIpc) is 3.27. The second kappa shape index (κ2) is 10.1. The maximum Gasteiger partial charge on any atom is 0.259 e. The Hall–Kier alpha value is -3.08. The van der Waals surface area contributed by atoms with Crippen molar-refractivity contribution in [2.45, 2.75) is 51.2 Å². The molecule has 5 rings (SSSR count). The second-order valence-electron chi connectivity index (χ2n) is 9.12. The van der Waals surface area contributed by atoms with Crippen LogP contribution < -0.4 is 15.4 Å². The van der Waals surface area contributed by atoms with Gasteiger partial charge in [-0.3, -0.25) is 19.9 Å². The molecule has 0 unspecified atom stereocenters. The molecule has 3 heterocycles. The highest BCUT2D eigenvalue weighted by Gasteiger charge is 2.34. The van der Waals surface area contributed by atoms with Crippen molar-refractivity contribution in [2.24, 2.45) is 5.92 Å². The summed E-state index contributed by atoms with van der Waals surface area (Å²) in [6.45, 7) is 1.84. The van der Waals surface area contributed by atoms with E-state index in [0.29, 0.717) is 46.8 Å². The molecule has 3 N–H and O–H groups in total. The van der Waals surface area contributed by atoms with E-state index in [2.05, 4.69) is 25.6 Å². The van der Waals surface area contributed by atoms with Crippen molar-refractivity contribution in [2.75, 3.05) is 12.4 Å². The van der Waals surface area contributed by atoms with E-state index in [-0.39, 0.29) is 28.9 Å². The third kappa shape index (κ3) is 4.93. The van der Waals surface area contributed by atoms with E-state index < -0.39 is 6.10 Å². The molecule has 0 saturated heterocycles. The number of rotatable bonds is 6. The minimum absolute atomic E-state index is 0.0243. The van der Waals surface area contributed by atoms with Gasteiger partial charge in [0.05, 0.1) is 36.7 Å². The van der Waals surface area contributed by atoms with Crippen LogP contribution in [0.2, 0.25) is 5.15 Å². The Labute approximate surface area is 217 Å². The molecule has 2 aliphatic carbocycles. The monoisotopic (exact) mass is 527 g/mol. The Morgan fingerprint density at radius 2 is 2.00 bits per heavy atom. The number of carbonyl (C=O) groups is 2. The van der Waals surface area contributed by atoms with E-state index in [4.69, 9.17) is 16.3 Å². The van der Waals surface area contributed by atoms with E-state index in [9.17, 15) is 14.7 Å². The molecule has 36 heavy (non-hydrogen) atoms. The number of hydrogen-bond donors (Lipinski definition) is 3. The van der Waals surface area contributed by atoms with Gasteiger partial charge in [0, 0.05) is 33.8 Å². The number of amides is 2. The summed E-state index contributed by atoms with van der Waals surface area (Å²) < 4.78 is 5.44. The number of aromatic nitrogens is 3. The first-order chi connectivity index (χ1) is 17.3. The van der Waals surface area contributed by atoms with Crippen molar-refractivity contribution >= 4 is 39.9 Å². The highest BCUT2D eigenvalue weighted by molar-refractivity contribution is 7.15. The topological polar surface area (TPSA) is 126 Å².